The summed E-state index contributed by atoms with van der Waals surface area (Å²) >= 11 is 1.31. The Morgan fingerprint density at radius 1 is 1.43 bits per heavy atom. The highest BCUT2D eigenvalue weighted by Gasteiger charge is 2.32. The van der Waals surface area contributed by atoms with E-state index in [1.807, 2.05) is 12.1 Å². The zero-order chi connectivity index (χ0) is 15.0. The molecule has 104 valence electrons. The Kier molecular flexibility index (Phi) is 3.60. The molecule has 0 aliphatic carbocycles. The Labute approximate surface area is 127 Å². The van der Waals surface area contributed by atoms with Gasteiger partial charge in [0.1, 0.15) is 10.3 Å². The Balaban J connectivity index is 2.00. The molecule has 2 atom stereocenters. The van der Waals surface area contributed by atoms with E-state index in [1.165, 1.54) is 16.9 Å². The molecule has 0 aromatic carbocycles. The summed E-state index contributed by atoms with van der Waals surface area (Å²) in [4.78, 5) is 20.4. The summed E-state index contributed by atoms with van der Waals surface area (Å²) in [6, 6.07) is 3.86. The number of carbonyl (C=O) groups is 1. The second kappa shape index (κ2) is 5.42. The second-order valence-corrected chi connectivity index (χ2v) is 6.59. The summed E-state index contributed by atoms with van der Waals surface area (Å²) in [5.74, 6) is 2.97. The van der Waals surface area contributed by atoms with Crippen molar-refractivity contribution in [3.8, 4) is 5.97 Å². The van der Waals surface area contributed by atoms with E-state index in [0.29, 0.717) is 10.8 Å². The predicted octanol–water partition coefficient (Wildman–Crippen LogP) is 3.63. The van der Waals surface area contributed by atoms with E-state index in [0.717, 1.165) is 28.7 Å². The molecule has 0 N–H and O–H groups in total. The van der Waals surface area contributed by atoms with E-state index in [2.05, 4.69) is 35.9 Å². The largest absolute Gasteiger partial charge is 0.295 e. The molecule has 3 heterocycles. The number of thiazole rings is 1. The third kappa shape index (κ3) is 2.49. The van der Waals surface area contributed by atoms with Crippen LogP contribution in [0.5, 0.6) is 0 Å². The third-order valence-electron chi connectivity index (χ3n) is 4.04. The molecule has 21 heavy (non-hydrogen) atoms. The average Bonchev–Trinajstić information content (AvgIpc) is 2.89. The molecular weight excluding hydrogens is 281 g/mol. The first-order chi connectivity index (χ1) is 10.1. The fourth-order valence-electron chi connectivity index (χ4n) is 2.98. The molecule has 0 radical (unpaired) electrons. The van der Waals surface area contributed by atoms with Gasteiger partial charge in [-0.3, -0.25) is 4.79 Å². The first-order valence-electron chi connectivity index (χ1n) is 6.96. The van der Waals surface area contributed by atoms with Crippen LogP contribution in [0.2, 0.25) is 11.6 Å². The van der Waals surface area contributed by atoms with Crippen LogP contribution >= 0.6 is 11.3 Å². The second-order valence-electron chi connectivity index (χ2n) is 5.58. The monoisotopic (exact) mass is 295 g/mol. The first kappa shape index (κ1) is 14.0. The third-order valence-corrected chi connectivity index (χ3v) is 4.93. The lowest BCUT2D eigenvalue weighted by atomic mass is 9.33. The normalized spacial score (nSPS) is 22.0. The van der Waals surface area contributed by atoms with E-state index in [1.54, 1.807) is 0 Å². The molecule has 1 aliphatic rings. The van der Waals surface area contributed by atoms with E-state index in [-0.39, 0.29) is 12.5 Å². The van der Waals surface area contributed by atoms with E-state index < -0.39 is 0 Å². The van der Waals surface area contributed by atoms with E-state index in [9.17, 15) is 10.1 Å². The highest BCUT2D eigenvalue weighted by molar-refractivity contribution is 7.19. The van der Waals surface area contributed by atoms with Crippen LogP contribution in [0.25, 0.3) is 15.9 Å². The molecule has 0 saturated heterocycles. The average molecular weight is 295 g/mol. The van der Waals surface area contributed by atoms with Crippen molar-refractivity contribution in [1.82, 2.24) is 9.97 Å². The van der Waals surface area contributed by atoms with Gasteiger partial charge >= 0.3 is 0 Å². The Morgan fingerprint density at radius 3 is 2.90 bits per heavy atom. The maximum Gasteiger partial charge on any atom is 0.277 e. The molecule has 0 bridgehead atoms. The minimum absolute atomic E-state index is 0.0718. The highest BCUT2D eigenvalue weighted by Crippen LogP contribution is 2.38. The Hall–Kier alpha value is -2.00. The maximum absolute atomic E-state index is 10.8. The summed E-state index contributed by atoms with van der Waals surface area (Å²) in [6.45, 7) is 4.27. The number of aromatic nitrogens is 2. The molecule has 0 spiro atoms. The van der Waals surface area contributed by atoms with Gasteiger partial charge in [-0.1, -0.05) is 31.3 Å². The summed E-state index contributed by atoms with van der Waals surface area (Å²) in [7, 11) is 0. The van der Waals surface area contributed by atoms with Gasteiger partial charge in [0.2, 0.25) is 0 Å². The number of aldehydes is 1. The first-order valence-corrected chi connectivity index (χ1v) is 7.77. The lowest BCUT2D eigenvalue weighted by molar-refractivity contribution is 0.112. The lowest BCUT2D eigenvalue weighted by Crippen LogP contribution is -2.25. The standard InChI is InChI=1S/C15H14BN3OS/c1-9-5-11(6-10(2)16(9)8-17)12-3-4-13-15(19-12)21-14(7-20)18-13/h3-5,7,9-10H,6H2,1-2H3. The number of nitriles is 1. The van der Waals surface area contributed by atoms with Crippen LogP contribution in [0, 0.1) is 11.2 Å². The number of rotatable bonds is 2. The molecule has 1 aliphatic heterocycles. The van der Waals surface area contributed by atoms with Crippen molar-refractivity contribution >= 4 is 40.3 Å². The fraction of sp³-hybridized carbons (Fsp3) is 0.333. The summed E-state index contributed by atoms with van der Waals surface area (Å²) < 4.78 is 0. The van der Waals surface area contributed by atoms with Gasteiger partial charge in [0.25, 0.3) is 6.71 Å². The highest BCUT2D eigenvalue weighted by atomic mass is 32.1. The number of fused-ring (bicyclic) bond motifs is 1. The minimum Gasteiger partial charge on any atom is -0.295 e. The number of pyridine rings is 1. The Morgan fingerprint density at radius 2 is 2.24 bits per heavy atom. The van der Waals surface area contributed by atoms with Crippen molar-refractivity contribution in [2.24, 2.45) is 0 Å². The van der Waals surface area contributed by atoms with Gasteiger partial charge in [0.05, 0.1) is 5.69 Å². The molecule has 0 amide bonds. The zero-order valence-corrected chi connectivity index (χ0v) is 12.7. The van der Waals surface area contributed by atoms with Crippen molar-refractivity contribution in [2.45, 2.75) is 31.9 Å². The zero-order valence-electron chi connectivity index (χ0n) is 11.9. The molecule has 2 aromatic heterocycles. The molecular formula is C15H14BN3OS. The van der Waals surface area contributed by atoms with Crippen molar-refractivity contribution in [2.75, 3.05) is 0 Å². The van der Waals surface area contributed by atoms with Gasteiger partial charge in [0.15, 0.2) is 11.3 Å². The van der Waals surface area contributed by atoms with Crippen LogP contribution in [0.4, 0.5) is 0 Å². The lowest BCUT2D eigenvalue weighted by Gasteiger charge is -2.26. The quantitative estimate of drug-likeness (QED) is 0.626. The van der Waals surface area contributed by atoms with Gasteiger partial charge in [-0.25, -0.2) is 15.2 Å². The fourth-order valence-corrected chi connectivity index (χ4v) is 3.73. The van der Waals surface area contributed by atoms with Crippen LogP contribution in [0.1, 0.15) is 35.8 Å². The molecule has 0 fully saturated rings. The van der Waals surface area contributed by atoms with Gasteiger partial charge in [-0.2, -0.15) is 0 Å². The minimum atomic E-state index is 0.0718. The molecule has 2 unspecified atom stereocenters. The van der Waals surface area contributed by atoms with Crippen LogP contribution in [0.15, 0.2) is 18.2 Å². The molecule has 0 saturated carbocycles. The predicted molar refractivity (Wildman–Crippen MR) is 85.6 cm³/mol. The number of hydrogen-bond donors (Lipinski definition) is 0. The van der Waals surface area contributed by atoms with Crippen molar-refractivity contribution in [1.29, 1.82) is 5.26 Å². The molecule has 3 rings (SSSR count). The van der Waals surface area contributed by atoms with Gasteiger partial charge in [-0.15, -0.1) is 0 Å². The van der Waals surface area contributed by atoms with Crippen LogP contribution in [-0.2, 0) is 0 Å². The summed E-state index contributed by atoms with van der Waals surface area (Å²) in [5.41, 5.74) is 2.88. The maximum atomic E-state index is 10.8. The van der Waals surface area contributed by atoms with Gasteiger partial charge < -0.3 is 0 Å². The number of hydrogen-bond acceptors (Lipinski definition) is 5. The smallest absolute Gasteiger partial charge is 0.277 e. The van der Waals surface area contributed by atoms with Gasteiger partial charge in [-0.05, 0) is 35.8 Å². The molecule has 2 aromatic rings. The number of carbonyl (C=O) groups excluding carboxylic acids is 1. The topological polar surface area (TPSA) is 66.6 Å². The van der Waals surface area contributed by atoms with Crippen molar-refractivity contribution < 1.29 is 4.79 Å². The van der Waals surface area contributed by atoms with E-state index >= 15 is 0 Å². The van der Waals surface area contributed by atoms with Crippen molar-refractivity contribution in [3.05, 3.63) is 28.9 Å². The number of allylic oxidation sites excluding steroid dienone is 2. The van der Waals surface area contributed by atoms with E-state index in [4.69, 9.17) is 0 Å². The van der Waals surface area contributed by atoms with Crippen LogP contribution in [0.3, 0.4) is 0 Å². The summed E-state index contributed by atoms with van der Waals surface area (Å²) in [6.07, 6.45) is 3.78. The van der Waals surface area contributed by atoms with Crippen LogP contribution in [-0.4, -0.2) is 23.0 Å². The number of nitrogens with zero attached hydrogens (tertiary/aromatic N) is 3. The molecule has 4 nitrogen and oxygen atoms in total. The SMILES string of the molecule is CC1C=C(c2ccc3nc(C=O)sc3n2)CC(C)B1C#N. The van der Waals surface area contributed by atoms with Gasteiger partial charge in [0, 0.05) is 5.97 Å². The van der Waals surface area contributed by atoms with Crippen molar-refractivity contribution in [3.63, 3.8) is 0 Å². The van der Waals surface area contributed by atoms with Crippen LogP contribution < -0.4 is 0 Å². The Bertz CT molecular complexity index is 777. The summed E-state index contributed by atoms with van der Waals surface area (Å²) in [5, 5.41) is 9.68. The molecule has 6 heteroatoms.